The quantitative estimate of drug-likeness (QED) is 0.943. The van der Waals surface area contributed by atoms with Gasteiger partial charge in [0.25, 0.3) is 0 Å². The minimum atomic E-state index is 0.427. The molecule has 2 aromatic rings. The van der Waals surface area contributed by atoms with Gasteiger partial charge in [-0.3, -0.25) is 4.90 Å². The molecule has 1 aliphatic rings. The summed E-state index contributed by atoms with van der Waals surface area (Å²) in [6.45, 7) is 8.53. The lowest BCUT2D eigenvalue weighted by molar-refractivity contribution is 0.260. The van der Waals surface area contributed by atoms with E-state index in [9.17, 15) is 0 Å². The normalized spacial score (nSPS) is 20.4. The van der Waals surface area contributed by atoms with Crippen molar-refractivity contribution in [3.05, 3.63) is 51.5 Å². The van der Waals surface area contributed by atoms with E-state index in [1.54, 1.807) is 0 Å². The van der Waals surface area contributed by atoms with Crippen molar-refractivity contribution in [3.63, 3.8) is 0 Å². The molecule has 2 heterocycles. The van der Waals surface area contributed by atoms with Crippen LogP contribution >= 0.6 is 11.3 Å². The summed E-state index contributed by atoms with van der Waals surface area (Å²) in [5, 5.41) is 4.92. The molecule has 112 valence electrons. The number of hydrogen-bond acceptors (Lipinski definition) is 4. The molecule has 0 spiro atoms. The van der Waals surface area contributed by atoms with E-state index in [2.05, 4.69) is 59.4 Å². The first-order valence-electron chi connectivity index (χ1n) is 7.66. The average molecular weight is 301 g/mol. The Morgan fingerprint density at radius 1 is 1.29 bits per heavy atom. The van der Waals surface area contributed by atoms with Gasteiger partial charge < -0.3 is 5.32 Å². The predicted molar refractivity (Wildman–Crippen MR) is 88.7 cm³/mol. The summed E-state index contributed by atoms with van der Waals surface area (Å²) in [4.78, 5) is 8.57. The molecule has 4 heteroatoms. The van der Waals surface area contributed by atoms with Crippen LogP contribution in [0.1, 0.15) is 33.6 Å². The molecular weight excluding hydrogens is 278 g/mol. The number of thiazole rings is 1. The van der Waals surface area contributed by atoms with E-state index in [1.165, 1.54) is 27.6 Å². The van der Waals surface area contributed by atoms with Crippen LogP contribution in [0, 0.1) is 13.8 Å². The summed E-state index contributed by atoms with van der Waals surface area (Å²) in [6, 6.07) is 11.2. The van der Waals surface area contributed by atoms with Crippen molar-refractivity contribution >= 4 is 11.3 Å². The highest BCUT2D eigenvalue weighted by atomic mass is 32.1. The van der Waals surface area contributed by atoms with Crippen molar-refractivity contribution < 1.29 is 0 Å². The molecule has 1 aromatic heterocycles. The third-order valence-corrected chi connectivity index (χ3v) is 5.17. The number of aryl methyl sites for hydroxylation is 2. The van der Waals surface area contributed by atoms with Gasteiger partial charge in [-0.2, -0.15) is 0 Å². The highest BCUT2D eigenvalue weighted by molar-refractivity contribution is 7.11. The monoisotopic (exact) mass is 301 g/mol. The van der Waals surface area contributed by atoms with Gasteiger partial charge in [0.1, 0.15) is 5.01 Å². The molecule has 1 saturated heterocycles. The SMILES string of the molecule is Cc1nc(CN2CCCNC(c3ccccc3)C2)sc1C. The lowest BCUT2D eigenvalue weighted by Crippen LogP contribution is -2.31. The van der Waals surface area contributed by atoms with E-state index in [4.69, 9.17) is 0 Å². The van der Waals surface area contributed by atoms with Crippen molar-refractivity contribution in [1.82, 2.24) is 15.2 Å². The third kappa shape index (κ3) is 3.70. The number of hydrogen-bond donors (Lipinski definition) is 1. The first-order valence-corrected chi connectivity index (χ1v) is 8.47. The summed E-state index contributed by atoms with van der Waals surface area (Å²) in [6.07, 6.45) is 1.20. The number of rotatable bonds is 3. The first-order chi connectivity index (χ1) is 10.2. The fraction of sp³-hybridized carbons (Fsp3) is 0.471. The maximum Gasteiger partial charge on any atom is 0.107 e. The third-order valence-electron chi connectivity index (χ3n) is 4.12. The van der Waals surface area contributed by atoms with E-state index in [0.717, 1.165) is 26.2 Å². The summed E-state index contributed by atoms with van der Waals surface area (Å²) in [7, 11) is 0. The van der Waals surface area contributed by atoms with Gasteiger partial charge in [0.05, 0.1) is 12.2 Å². The Hall–Kier alpha value is -1.23. The topological polar surface area (TPSA) is 28.2 Å². The second kappa shape index (κ2) is 6.69. The Bertz CT molecular complexity index is 559. The minimum absolute atomic E-state index is 0.427. The van der Waals surface area contributed by atoms with Crippen LogP contribution in [0.2, 0.25) is 0 Å². The fourth-order valence-electron chi connectivity index (χ4n) is 2.84. The van der Waals surface area contributed by atoms with Gasteiger partial charge in [-0.1, -0.05) is 30.3 Å². The van der Waals surface area contributed by atoms with E-state index >= 15 is 0 Å². The highest BCUT2D eigenvalue weighted by Crippen LogP contribution is 2.21. The van der Waals surface area contributed by atoms with Gasteiger partial charge in [0.15, 0.2) is 0 Å². The van der Waals surface area contributed by atoms with E-state index in [0.29, 0.717) is 6.04 Å². The molecule has 21 heavy (non-hydrogen) atoms. The van der Waals surface area contributed by atoms with Crippen LogP contribution in [-0.4, -0.2) is 29.5 Å². The van der Waals surface area contributed by atoms with Gasteiger partial charge in [-0.25, -0.2) is 4.98 Å². The number of nitrogens with zero attached hydrogens (tertiary/aromatic N) is 2. The standard InChI is InChI=1S/C17H23N3S/c1-13-14(2)21-17(19-13)12-20-10-6-9-18-16(11-20)15-7-4-3-5-8-15/h3-5,7-8,16,18H,6,9-12H2,1-2H3. The van der Waals surface area contributed by atoms with Gasteiger partial charge in [-0.05, 0) is 38.9 Å². The Kier molecular flexibility index (Phi) is 4.68. The largest absolute Gasteiger partial charge is 0.309 e. The number of benzene rings is 1. The van der Waals surface area contributed by atoms with Crippen LogP contribution in [0.3, 0.4) is 0 Å². The van der Waals surface area contributed by atoms with Gasteiger partial charge in [-0.15, -0.1) is 11.3 Å². The second-order valence-electron chi connectivity index (χ2n) is 5.76. The van der Waals surface area contributed by atoms with Crippen molar-refractivity contribution in [1.29, 1.82) is 0 Å². The van der Waals surface area contributed by atoms with Gasteiger partial charge >= 0.3 is 0 Å². The zero-order valence-electron chi connectivity index (χ0n) is 12.8. The summed E-state index contributed by atoms with van der Waals surface area (Å²) in [5.41, 5.74) is 2.57. The summed E-state index contributed by atoms with van der Waals surface area (Å²) >= 11 is 1.84. The molecule has 0 amide bonds. The fourth-order valence-corrected chi connectivity index (χ4v) is 3.82. The Morgan fingerprint density at radius 3 is 2.81 bits per heavy atom. The molecule has 0 saturated carbocycles. The molecule has 3 nitrogen and oxygen atoms in total. The average Bonchev–Trinajstić information content (AvgIpc) is 2.68. The van der Waals surface area contributed by atoms with Crippen LogP contribution < -0.4 is 5.32 Å². The maximum atomic E-state index is 4.69. The lowest BCUT2D eigenvalue weighted by Gasteiger charge is -2.23. The molecule has 1 N–H and O–H groups in total. The summed E-state index contributed by atoms with van der Waals surface area (Å²) in [5.74, 6) is 0. The molecule has 1 aromatic carbocycles. The lowest BCUT2D eigenvalue weighted by atomic mass is 10.1. The molecule has 1 fully saturated rings. The van der Waals surface area contributed by atoms with Crippen molar-refractivity contribution in [3.8, 4) is 0 Å². The molecule has 1 unspecified atom stereocenters. The smallest absolute Gasteiger partial charge is 0.107 e. The van der Waals surface area contributed by atoms with Crippen molar-refractivity contribution in [2.45, 2.75) is 32.9 Å². The van der Waals surface area contributed by atoms with E-state index in [1.807, 2.05) is 11.3 Å². The van der Waals surface area contributed by atoms with Gasteiger partial charge in [0.2, 0.25) is 0 Å². The minimum Gasteiger partial charge on any atom is -0.309 e. The van der Waals surface area contributed by atoms with Crippen molar-refractivity contribution in [2.75, 3.05) is 19.6 Å². The molecule has 0 bridgehead atoms. The Balaban J connectivity index is 1.70. The van der Waals surface area contributed by atoms with Crippen LogP contribution in [0.15, 0.2) is 30.3 Å². The molecule has 0 aliphatic carbocycles. The highest BCUT2D eigenvalue weighted by Gasteiger charge is 2.20. The van der Waals surface area contributed by atoms with Crippen molar-refractivity contribution in [2.24, 2.45) is 0 Å². The Morgan fingerprint density at radius 2 is 2.10 bits per heavy atom. The molecule has 3 rings (SSSR count). The number of nitrogens with one attached hydrogen (secondary N) is 1. The zero-order valence-corrected chi connectivity index (χ0v) is 13.6. The van der Waals surface area contributed by atoms with E-state index in [-0.39, 0.29) is 0 Å². The summed E-state index contributed by atoms with van der Waals surface area (Å²) < 4.78 is 0. The molecule has 1 atom stereocenters. The Labute approximate surface area is 131 Å². The maximum absolute atomic E-state index is 4.69. The van der Waals surface area contributed by atoms with Crippen LogP contribution in [0.25, 0.3) is 0 Å². The van der Waals surface area contributed by atoms with Crippen LogP contribution in [0.5, 0.6) is 0 Å². The van der Waals surface area contributed by atoms with Crippen LogP contribution in [0.4, 0.5) is 0 Å². The zero-order chi connectivity index (χ0) is 14.7. The molecular formula is C17H23N3S. The predicted octanol–water partition coefficient (Wildman–Crippen LogP) is 3.30. The second-order valence-corrected chi connectivity index (χ2v) is 7.04. The van der Waals surface area contributed by atoms with Gasteiger partial charge in [0, 0.05) is 17.5 Å². The van der Waals surface area contributed by atoms with E-state index < -0.39 is 0 Å². The first kappa shape index (κ1) is 14.7. The van der Waals surface area contributed by atoms with Crippen LogP contribution in [-0.2, 0) is 6.54 Å². The number of aromatic nitrogens is 1. The molecule has 0 radical (unpaired) electrons. The molecule has 1 aliphatic heterocycles.